The number of carboxylic acids is 1. The number of amides is 1. The second-order valence-electron chi connectivity index (χ2n) is 6.34. The van der Waals surface area contributed by atoms with E-state index in [4.69, 9.17) is 5.11 Å². The maximum absolute atomic E-state index is 12.5. The summed E-state index contributed by atoms with van der Waals surface area (Å²) in [5, 5.41) is 8.95. The van der Waals surface area contributed by atoms with Crippen molar-refractivity contribution in [1.82, 2.24) is 4.90 Å². The molecule has 1 amide bonds. The SMILES string of the molecule is O=C(O)CN(CC1CC1)C(=O)C1CC2CCC1C2. The minimum absolute atomic E-state index is 0.108. The van der Waals surface area contributed by atoms with Crippen LogP contribution in [0.5, 0.6) is 0 Å². The zero-order valence-electron chi connectivity index (χ0n) is 10.7. The van der Waals surface area contributed by atoms with Crippen LogP contribution in [0.3, 0.4) is 0 Å². The highest BCUT2D eigenvalue weighted by Crippen LogP contribution is 2.49. The highest BCUT2D eigenvalue weighted by Gasteiger charge is 2.45. The quantitative estimate of drug-likeness (QED) is 0.809. The van der Waals surface area contributed by atoms with Crippen LogP contribution in [-0.4, -0.2) is 35.0 Å². The number of carbonyl (C=O) groups is 2. The number of carbonyl (C=O) groups excluding carboxylic acids is 1. The van der Waals surface area contributed by atoms with E-state index >= 15 is 0 Å². The molecule has 3 unspecified atom stereocenters. The average Bonchev–Trinajstić information content (AvgIpc) is 2.90. The maximum atomic E-state index is 12.5. The van der Waals surface area contributed by atoms with Gasteiger partial charge in [-0.3, -0.25) is 9.59 Å². The topological polar surface area (TPSA) is 57.6 Å². The van der Waals surface area contributed by atoms with Gasteiger partial charge >= 0.3 is 5.97 Å². The van der Waals surface area contributed by atoms with Crippen LogP contribution in [0.2, 0.25) is 0 Å². The zero-order valence-corrected chi connectivity index (χ0v) is 10.7. The summed E-state index contributed by atoms with van der Waals surface area (Å²) in [6.45, 7) is 0.558. The summed E-state index contributed by atoms with van der Waals surface area (Å²) in [6.07, 6.45) is 6.95. The summed E-state index contributed by atoms with van der Waals surface area (Å²) in [5.41, 5.74) is 0. The number of hydrogen-bond acceptors (Lipinski definition) is 2. The number of carboxylic acid groups (broad SMARTS) is 1. The lowest BCUT2D eigenvalue weighted by atomic mass is 9.87. The van der Waals surface area contributed by atoms with Crippen molar-refractivity contribution in [1.29, 1.82) is 0 Å². The van der Waals surface area contributed by atoms with Crippen LogP contribution in [0.4, 0.5) is 0 Å². The van der Waals surface area contributed by atoms with Gasteiger partial charge in [-0.05, 0) is 49.9 Å². The minimum atomic E-state index is -0.882. The molecule has 0 aliphatic heterocycles. The van der Waals surface area contributed by atoms with Gasteiger partial charge in [-0.15, -0.1) is 0 Å². The average molecular weight is 251 g/mol. The highest BCUT2D eigenvalue weighted by atomic mass is 16.4. The first kappa shape index (κ1) is 12.0. The van der Waals surface area contributed by atoms with Crippen molar-refractivity contribution >= 4 is 11.9 Å². The molecule has 3 aliphatic carbocycles. The van der Waals surface area contributed by atoms with Crippen molar-refractivity contribution in [3.05, 3.63) is 0 Å². The van der Waals surface area contributed by atoms with Crippen LogP contribution < -0.4 is 0 Å². The number of fused-ring (bicyclic) bond motifs is 2. The summed E-state index contributed by atoms with van der Waals surface area (Å²) < 4.78 is 0. The fourth-order valence-corrected chi connectivity index (χ4v) is 3.79. The molecule has 0 aromatic heterocycles. The van der Waals surface area contributed by atoms with Crippen LogP contribution in [-0.2, 0) is 9.59 Å². The molecule has 0 radical (unpaired) electrons. The van der Waals surface area contributed by atoms with Crippen molar-refractivity contribution in [2.24, 2.45) is 23.7 Å². The first-order chi connectivity index (χ1) is 8.63. The Labute approximate surface area is 107 Å². The summed E-state index contributed by atoms with van der Waals surface area (Å²) in [4.78, 5) is 25.0. The number of hydrogen-bond donors (Lipinski definition) is 1. The second kappa shape index (κ2) is 4.56. The van der Waals surface area contributed by atoms with E-state index in [-0.39, 0.29) is 18.4 Å². The molecule has 3 rings (SSSR count). The van der Waals surface area contributed by atoms with Gasteiger partial charge in [-0.25, -0.2) is 0 Å². The van der Waals surface area contributed by atoms with Crippen LogP contribution in [0, 0.1) is 23.7 Å². The molecule has 4 nitrogen and oxygen atoms in total. The predicted molar refractivity (Wildman–Crippen MR) is 65.9 cm³/mol. The fraction of sp³-hybridized carbons (Fsp3) is 0.857. The van der Waals surface area contributed by atoms with E-state index in [1.807, 2.05) is 0 Å². The number of aliphatic carboxylic acids is 1. The van der Waals surface area contributed by atoms with E-state index in [9.17, 15) is 9.59 Å². The van der Waals surface area contributed by atoms with E-state index < -0.39 is 5.97 Å². The lowest BCUT2D eigenvalue weighted by Gasteiger charge is -2.28. The maximum Gasteiger partial charge on any atom is 0.323 e. The van der Waals surface area contributed by atoms with Crippen molar-refractivity contribution in [2.75, 3.05) is 13.1 Å². The molecule has 18 heavy (non-hydrogen) atoms. The highest BCUT2D eigenvalue weighted by molar-refractivity contribution is 5.83. The third kappa shape index (κ3) is 2.38. The Balaban J connectivity index is 1.64. The smallest absolute Gasteiger partial charge is 0.323 e. The molecule has 1 N–H and O–H groups in total. The molecule has 3 aliphatic rings. The Hall–Kier alpha value is -1.06. The van der Waals surface area contributed by atoms with E-state index in [0.29, 0.717) is 18.4 Å². The van der Waals surface area contributed by atoms with E-state index in [1.54, 1.807) is 4.90 Å². The summed E-state index contributed by atoms with van der Waals surface area (Å²) in [6, 6.07) is 0. The Morgan fingerprint density at radius 1 is 1.11 bits per heavy atom. The molecule has 0 aromatic rings. The summed E-state index contributed by atoms with van der Waals surface area (Å²) in [5.74, 6) is 1.20. The van der Waals surface area contributed by atoms with Gasteiger partial charge in [0.25, 0.3) is 0 Å². The first-order valence-electron chi connectivity index (χ1n) is 7.14. The van der Waals surface area contributed by atoms with Gasteiger partial charge in [-0.2, -0.15) is 0 Å². The summed E-state index contributed by atoms with van der Waals surface area (Å²) >= 11 is 0. The van der Waals surface area contributed by atoms with Crippen molar-refractivity contribution < 1.29 is 14.7 Å². The van der Waals surface area contributed by atoms with Crippen molar-refractivity contribution in [3.8, 4) is 0 Å². The van der Waals surface area contributed by atoms with Gasteiger partial charge in [0.2, 0.25) is 5.91 Å². The number of rotatable bonds is 5. The molecule has 0 heterocycles. The Kier molecular flexibility index (Phi) is 3.04. The van der Waals surface area contributed by atoms with Crippen LogP contribution in [0.25, 0.3) is 0 Å². The van der Waals surface area contributed by atoms with Gasteiger partial charge in [0, 0.05) is 12.5 Å². The van der Waals surface area contributed by atoms with Crippen molar-refractivity contribution in [2.45, 2.75) is 38.5 Å². The van der Waals surface area contributed by atoms with E-state index in [0.717, 1.165) is 25.2 Å². The molecule has 0 aromatic carbocycles. The van der Waals surface area contributed by atoms with Crippen molar-refractivity contribution in [3.63, 3.8) is 0 Å². The fourth-order valence-electron chi connectivity index (χ4n) is 3.79. The molecular formula is C14H21NO3. The third-order valence-electron chi connectivity index (χ3n) is 4.87. The lowest BCUT2D eigenvalue weighted by Crippen LogP contribution is -2.42. The first-order valence-corrected chi connectivity index (χ1v) is 7.14. The molecule has 4 heteroatoms. The molecular weight excluding hydrogens is 230 g/mol. The standard InChI is InChI=1S/C14H21NO3/c16-13(17)8-15(7-9-1-2-9)14(18)12-6-10-3-4-11(12)5-10/h9-12H,1-8H2,(H,16,17). The largest absolute Gasteiger partial charge is 0.480 e. The number of nitrogens with zero attached hydrogens (tertiary/aromatic N) is 1. The molecule has 100 valence electrons. The van der Waals surface area contributed by atoms with Gasteiger partial charge in [0.05, 0.1) is 0 Å². The molecule has 3 atom stereocenters. The molecule has 2 bridgehead atoms. The monoisotopic (exact) mass is 251 g/mol. The van der Waals surface area contributed by atoms with Crippen LogP contribution in [0.15, 0.2) is 0 Å². The second-order valence-corrected chi connectivity index (χ2v) is 6.34. The third-order valence-corrected chi connectivity index (χ3v) is 4.87. The molecule has 0 spiro atoms. The van der Waals surface area contributed by atoms with Gasteiger partial charge in [0.1, 0.15) is 6.54 Å². The van der Waals surface area contributed by atoms with Gasteiger partial charge < -0.3 is 10.0 Å². The molecule has 3 saturated carbocycles. The van der Waals surface area contributed by atoms with Crippen LogP contribution in [0.1, 0.15) is 38.5 Å². The Morgan fingerprint density at radius 3 is 2.39 bits per heavy atom. The molecule has 3 fully saturated rings. The molecule has 0 saturated heterocycles. The van der Waals surface area contributed by atoms with Gasteiger partial charge in [0.15, 0.2) is 0 Å². The zero-order chi connectivity index (χ0) is 12.7. The predicted octanol–water partition coefficient (Wildman–Crippen LogP) is 1.75. The van der Waals surface area contributed by atoms with E-state index in [2.05, 4.69) is 0 Å². The Morgan fingerprint density at radius 2 is 1.89 bits per heavy atom. The summed E-state index contributed by atoms with van der Waals surface area (Å²) in [7, 11) is 0. The Bertz CT molecular complexity index is 364. The normalized spacial score (nSPS) is 33.7. The van der Waals surface area contributed by atoms with E-state index in [1.165, 1.54) is 19.3 Å². The van der Waals surface area contributed by atoms with Crippen LogP contribution >= 0.6 is 0 Å². The minimum Gasteiger partial charge on any atom is -0.480 e. The lowest BCUT2D eigenvalue weighted by molar-refractivity contribution is -0.147. The van der Waals surface area contributed by atoms with Gasteiger partial charge in [-0.1, -0.05) is 6.42 Å².